The third kappa shape index (κ3) is 2.04. The lowest BCUT2D eigenvalue weighted by atomic mass is 9.71. The highest BCUT2D eigenvalue weighted by molar-refractivity contribution is 6.29. The Balaban J connectivity index is 1.98. The summed E-state index contributed by atoms with van der Waals surface area (Å²) in [5.41, 5.74) is 3.89. The van der Waals surface area contributed by atoms with Crippen LogP contribution in [0.2, 0.25) is 0 Å². The summed E-state index contributed by atoms with van der Waals surface area (Å²) in [6.45, 7) is 8.30. The van der Waals surface area contributed by atoms with Gasteiger partial charge in [-0.05, 0) is 62.9 Å². The van der Waals surface area contributed by atoms with Gasteiger partial charge in [-0.1, -0.05) is 36.7 Å². The molecule has 0 saturated carbocycles. The maximum Gasteiger partial charge on any atom is 0.0639 e. The van der Waals surface area contributed by atoms with Gasteiger partial charge in [-0.3, -0.25) is 4.90 Å². The predicted octanol–water partition coefficient (Wildman–Crippen LogP) is 5.23. The van der Waals surface area contributed by atoms with Crippen molar-refractivity contribution < 1.29 is 0 Å². The van der Waals surface area contributed by atoms with E-state index in [0.717, 1.165) is 18.0 Å². The number of hydrogen-bond acceptors (Lipinski definition) is 2. The molecule has 1 aromatic carbocycles. The van der Waals surface area contributed by atoms with Crippen LogP contribution in [0.1, 0.15) is 45.6 Å². The van der Waals surface area contributed by atoms with Crippen molar-refractivity contribution >= 4 is 17.3 Å². The third-order valence-corrected chi connectivity index (χ3v) is 6.66. The van der Waals surface area contributed by atoms with Gasteiger partial charge < -0.3 is 5.32 Å². The van der Waals surface area contributed by atoms with E-state index < -0.39 is 0 Å². The molecule has 0 radical (unpaired) electrons. The van der Waals surface area contributed by atoms with Crippen molar-refractivity contribution in [1.82, 2.24) is 4.90 Å². The van der Waals surface area contributed by atoms with Gasteiger partial charge in [-0.15, -0.1) is 0 Å². The van der Waals surface area contributed by atoms with Gasteiger partial charge in [0.05, 0.1) is 5.54 Å². The van der Waals surface area contributed by atoms with E-state index in [9.17, 15) is 0 Å². The second kappa shape index (κ2) is 5.12. The van der Waals surface area contributed by atoms with E-state index in [-0.39, 0.29) is 11.1 Å². The first-order valence-corrected chi connectivity index (χ1v) is 9.05. The SMILES string of the molecule is C[C@H]1CCCN2C3(C)CC(Cl)=CC=C3Nc3ccccc3[C@]12C. The lowest BCUT2D eigenvalue weighted by molar-refractivity contribution is -0.0486. The van der Waals surface area contributed by atoms with Crippen molar-refractivity contribution in [3.8, 4) is 0 Å². The summed E-state index contributed by atoms with van der Waals surface area (Å²) < 4.78 is 0. The molecule has 23 heavy (non-hydrogen) atoms. The van der Waals surface area contributed by atoms with Crippen molar-refractivity contribution in [3.63, 3.8) is 0 Å². The smallest absolute Gasteiger partial charge is 0.0639 e. The predicted molar refractivity (Wildman–Crippen MR) is 97.6 cm³/mol. The van der Waals surface area contributed by atoms with Gasteiger partial charge >= 0.3 is 0 Å². The normalized spacial score (nSPS) is 36.6. The number of anilines is 1. The number of benzene rings is 1. The molecular weight excluding hydrogens is 304 g/mol. The van der Waals surface area contributed by atoms with Gasteiger partial charge in [-0.25, -0.2) is 0 Å². The summed E-state index contributed by atoms with van der Waals surface area (Å²) in [6, 6.07) is 8.81. The number of rotatable bonds is 0. The van der Waals surface area contributed by atoms with Crippen LogP contribution in [0.4, 0.5) is 5.69 Å². The quantitative estimate of drug-likeness (QED) is 0.701. The molecule has 3 heteroatoms. The fourth-order valence-electron chi connectivity index (χ4n) is 4.94. The van der Waals surface area contributed by atoms with Crippen LogP contribution in [-0.2, 0) is 5.54 Å². The summed E-state index contributed by atoms with van der Waals surface area (Å²) in [7, 11) is 0. The Bertz CT molecular complexity index is 707. The molecule has 2 aliphatic heterocycles. The molecule has 1 saturated heterocycles. The highest BCUT2D eigenvalue weighted by Gasteiger charge is 2.53. The first-order chi connectivity index (χ1) is 11.0. The molecule has 3 atom stereocenters. The second-order valence-corrected chi connectivity index (χ2v) is 8.14. The van der Waals surface area contributed by atoms with Gasteiger partial charge in [0.1, 0.15) is 0 Å². The molecule has 1 N–H and O–H groups in total. The molecule has 4 rings (SSSR count). The molecule has 0 aromatic heterocycles. The summed E-state index contributed by atoms with van der Waals surface area (Å²) in [6.07, 6.45) is 7.63. The maximum absolute atomic E-state index is 6.47. The molecule has 122 valence electrons. The van der Waals surface area contributed by atoms with Crippen molar-refractivity contribution in [2.75, 3.05) is 11.9 Å². The van der Waals surface area contributed by atoms with Crippen LogP contribution in [0.25, 0.3) is 0 Å². The average Bonchev–Trinajstić information content (AvgIpc) is 2.61. The molecule has 2 nitrogen and oxygen atoms in total. The summed E-state index contributed by atoms with van der Waals surface area (Å²) >= 11 is 6.47. The van der Waals surface area contributed by atoms with E-state index in [1.54, 1.807) is 0 Å². The summed E-state index contributed by atoms with van der Waals surface area (Å²) in [4.78, 5) is 2.72. The van der Waals surface area contributed by atoms with Crippen molar-refractivity contribution in [1.29, 1.82) is 0 Å². The van der Waals surface area contributed by atoms with Crippen LogP contribution < -0.4 is 5.32 Å². The van der Waals surface area contributed by atoms with Crippen LogP contribution >= 0.6 is 11.6 Å². The number of hydrogen-bond donors (Lipinski definition) is 1. The van der Waals surface area contributed by atoms with Crippen molar-refractivity contribution in [2.45, 2.75) is 51.1 Å². The van der Waals surface area contributed by atoms with Crippen molar-refractivity contribution in [3.05, 3.63) is 52.7 Å². The molecule has 2 heterocycles. The molecule has 3 aliphatic rings. The minimum Gasteiger partial charge on any atom is -0.357 e. The molecule has 1 unspecified atom stereocenters. The van der Waals surface area contributed by atoms with Crippen LogP contribution in [-0.4, -0.2) is 17.0 Å². The Labute approximate surface area is 144 Å². The molecule has 0 amide bonds. The number of para-hydroxylation sites is 1. The van der Waals surface area contributed by atoms with Crippen LogP contribution in [0.5, 0.6) is 0 Å². The van der Waals surface area contributed by atoms with Crippen LogP contribution in [0, 0.1) is 5.92 Å². The van der Waals surface area contributed by atoms with E-state index in [4.69, 9.17) is 11.6 Å². The number of fused-ring (bicyclic) bond motifs is 5. The fraction of sp³-hybridized carbons (Fsp3) is 0.500. The average molecular weight is 329 g/mol. The van der Waals surface area contributed by atoms with Crippen LogP contribution in [0.15, 0.2) is 47.1 Å². The Morgan fingerprint density at radius 3 is 2.83 bits per heavy atom. The first-order valence-electron chi connectivity index (χ1n) is 8.67. The van der Waals surface area contributed by atoms with Gasteiger partial charge in [0.15, 0.2) is 0 Å². The third-order valence-electron chi connectivity index (χ3n) is 6.40. The Kier molecular flexibility index (Phi) is 3.40. The topological polar surface area (TPSA) is 15.3 Å². The van der Waals surface area contributed by atoms with Gasteiger partial charge in [0, 0.05) is 28.4 Å². The number of allylic oxidation sites excluding steroid dienone is 2. The minimum absolute atomic E-state index is 0.0285. The number of nitrogens with one attached hydrogen (secondary N) is 1. The van der Waals surface area contributed by atoms with E-state index >= 15 is 0 Å². The standard InChI is InChI=1S/C20H25ClN2/c1-14-7-6-12-23-19(2)13-15(21)10-11-18(19)22-17-9-5-4-8-16(17)20(14,23)3/h4-5,8-11,14,22H,6-7,12-13H2,1-3H3/t14-,19?,20-/m0/s1. The number of piperidine rings is 1. The molecule has 1 aliphatic carbocycles. The Hall–Kier alpha value is -1.25. The summed E-state index contributed by atoms with van der Waals surface area (Å²) in [5.74, 6) is 0.611. The van der Waals surface area contributed by atoms with Crippen LogP contribution in [0.3, 0.4) is 0 Å². The number of halogens is 1. The minimum atomic E-state index is -0.0751. The lowest BCUT2D eigenvalue weighted by Crippen LogP contribution is -2.61. The van der Waals surface area contributed by atoms with Crippen molar-refractivity contribution in [2.24, 2.45) is 5.92 Å². The van der Waals surface area contributed by atoms with E-state index in [2.05, 4.69) is 61.3 Å². The second-order valence-electron chi connectivity index (χ2n) is 7.66. The van der Waals surface area contributed by atoms with Gasteiger partial charge in [-0.2, -0.15) is 0 Å². The lowest BCUT2D eigenvalue weighted by Gasteiger charge is -2.56. The molecular formula is C20H25ClN2. The van der Waals surface area contributed by atoms with E-state index in [1.807, 2.05) is 6.08 Å². The van der Waals surface area contributed by atoms with E-state index in [1.165, 1.54) is 29.8 Å². The zero-order valence-electron chi connectivity index (χ0n) is 14.2. The molecule has 0 bridgehead atoms. The van der Waals surface area contributed by atoms with Gasteiger partial charge in [0.2, 0.25) is 0 Å². The summed E-state index contributed by atoms with van der Waals surface area (Å²) in [5, 5.41) is 4.69. The molecule has 0 spiro atoms. The van der Waals surface area contributed by atoms with Gasteiger partial charge in [0.25, 0.3) is 0 Å². The zero-order valence-corrected chi connectivity index (χ0v) is 15.0. The Morgan fingerprint density at radius 2 is 2.00 bits per heavy atom. The first kappa shape index (κ1) is 15.3. The highest BCUT2D eigenvalue weighted by Crippen LogP contribution is 2.53. The number of nitrogens with zero attached hydrogens (tertiary/aromatic N) is 1. The Morgan fingerprint density at radius 1 is 1.22 bits per heavy atom. The van der Waals surface area contributed by atoms with E-state index in [0.29, 0.717) is 5.92 Å². The fourth-order valence-corrected chi connectivity index (χ4v) is 5.26. The molecule has 1 aromatic rings. The monoisotopic (exact) mass is 328 g/mol. The maximum atomic E-state index is 6.47. The molecule has 1 fully saturated rings. The highest BCUT2D eigenvalue weighted by atomic mass is 35.5. The zero-order chi connectivity index (χ0) is 16.2. The largest absolute Gasteiger partial charge is 0.357 e.